The number of carbonyl (C=O) groups excluding carboxylic acids is 1. The van der Waals surface area contributed by atoms with Crippen molar-refractivity contribution in [1.29, 1.82) is 0 Å². The van der Waals surface area contributed by atoms with Crippen LogP contribution in [0.2, 0.25) is 0 Å². The normalized spacial score (nSPS) is 11.9. The van der Waals surface area contributed by atoms with Gasteiger partial charge in [-0.3, -0.25) is 4.79 Å². The molecule has 0 aromatic heterocycles. The lowest BCUT2D eigenvalue weighted by Crippen LogP contribution is -2.27. The number of rotatable bonds is 3. The molecule has 1 atom stereocenters. The quantitative estimate of drug-likeness (QED) is 0.901. The van der Waals surface area contributed by atoms with Crippen molar-refractivity contribution in [3.63, 3.8) is 0 Å². The Morgan fingerprint density at radius 2 is 1.85 bits per heavy atom. The third-order valence-electron chi connectivity index (χ3n) is 3.17. The SMILES string of the molecule is Cc1cc(O)ccc1C(=O)NC(C)c1ccc(F)cc1. The van der Waals surface area contributed by atoms with Gasteiger partial charge < -0.3 is 10.4 Å². The van der Waals surface area contributed by atoms with Crippen molar-refractivity contribution >= 4 is 5.91 Å². The fourth-order valence-electron chi connectivity index (χ4n) is 2.01. The van der Waals surface area contributed by atoms with Gasteiger partial charge in [0.25, 0.3) is 5.91 Å². The molecule has 104 valence electrons. The van der Waals surface area contributed by atoms with Crippen LogP contribution in [0.4, 0.5) is 4.39 Å². The number of nitrogens with one attached hydrogen (secondary N) is 1. The molecule has 0 spiro atoms. The molecule has 0 heterocycles. The first-order valence-corrected chi connectivity index (χ1v) is 6.33. The second-order valence-electron chi connectivity index (χ2n) is 4.75. The number of carbonyl (C=O) groups is 1. The molecule has 4 heteroatoms. The van der Waals surface area contributed by atoms with Crippen molar-refractivity contribution < 1.29 is 14.3 Å². The van der Waals surface area contributed by atoms with E-state index in [9.17, 15) is 14.3 Å². The van der Waals surface area contributed by atoms with Gasteiger partial charge in [-0.15, -0.1) is 0 Å². The topological polar surface area (TPSA) is 49.3 Å². The molecule has 0 fully saturated rings. The largest absolute Gasteiger partial charge is 0.508 e. The molecule has 0 radical (unpaired) electrons. The minimum atomic E-state index is -0.304. The van der Waals surface area contributed by atoms with Gasteiger partial charge in [-0.05, 0) is 55.3 Å². The van der Waals surface area contributed by atoms with Crippen molar-refractivity contribution in [2.24, 2.45) is 0 Å². The van der Waals surface area contributed by atoms with Crippen molar-refractivity contribution in [3.05, 3.63) is 65.0 Å². The number of halogens is 1. The van der Waals surface area contributed by atoms with Crippen molar-refractivity contribution in [2.45, 2.75) is 19.9 Å². The average molecular weight is 273 g/mol. The number of hydrogen-bond donors (Lipinski definition) is 2. The highest BCUT2D eigenvalue weighted by Gasteiger charge is 2.13. The van der Waals surface area contributed by atoms with Crippen LogP contribution in [0.3, 0.4) is 0 Å². The van der Waals surface area contributed by atoms with Gasteiger partial charge in [0, 0.05) is 5.56 Å². The fraction of sp³-hybridized carbons (Fsp3) is 0.188. The summed E-state index contributed by atoms with van der Waals surface area (Å²) in [6, 6.07) is 10.4. The minimum Gasteiger partial charge on any atom is -0.508 e. The van der Waals surface area contributed by atoms with Crippen molar-refractivity contribution in [1.82, 2.24) is 5.32 Å². The maximum absolute atomic E-state index is 12.9. The molecule has 0 saturated heterocycles. The molecule has 0 aliphatic carbocycles. The highest BCUT2D eigenvalue weighted by Crippen LogP contribution is 2.18. The zero-order chi connectivity index (χ0) is 14.7. The third kappa shape index (κ3) is 3.15. The lowest BCUT2D eigenvalue weighted by atomic mass is 10.1. The summed E-state index contributed by atoms with van der Waals surface area (Å²) in [4.78, 5) is 12.2. The maximum Gasteiger partial charge on any atom is 0.252 e. The zero-order valence-electron chi connectivity index (χ0n) is 11.4. The first kappa shape index (κ1) is 14.1. The van der Waals surface area contributed by atoms with Gasteiger partial charge in [0.1, 0.15) is 11.6 Å². The van der Waals surface area contributed by atoms with Crippen LogP contribution < -0.4 is 5.32 Å². The van der Waals surface area contributed by atoms with E-state index in [4.69, 9.17) is 0 Å². The molecule has 0 saturated carbocycles. The Hall–Kier alpha value is -2.36. The molecule has 3 nitrogen and oxygen atoms in total. The van der Waals surface area contributed by atoms with E-state index in [-0.39, 0.29) is 23.5 Å². The van der Waals surface area contributed by atoms with Gasteiger partial charge in [0.15, 0.2) is 0 Å². The number of benzene rings is 2. The molecule has 20 heavy (non-hydrogen) atoms. The Labute approximate surface area is 117 Å². The molecule has 0 aliphatic rings. The summed E-state index contributed by atoms with van der Waals surface area (Å²) in [5, 5.41) is 12.2. The third-order valence-corrected chi connectivity index (χ3v) is 3.17. The van der Waals surface area contributed by atoms with Gasteiger partial charge in [-0.2, -0.15) is 0 Å². The molecule has 0 aliphatic heterocycles. The summed E-state index contributed by atoms with van der Waals surface area (Å²) < 4.78 is 12.9. The summed E-state index contributed by atoms with van der Waals surface area (Å²) in [5.74, 6) is -0.397. The van der Waals surface area contributed by atoms with E-state index in [0.29, 0.717) is 11.1 Å². The van der Waals surface area contributed by atoms with Crippen LogP contribution in [0.1, 0.15) is 34.5 Å². The van der Waals surface area contributed by atoms with Gasteiger partial charge in [-0.1, -0.05) is 12.1 Å². The number of hydrogen-bond acceptors (Lipinski definition) is 2. The highest BCUT2D eigenvalue weighted by atomic mass is 19.1. The highest BCUT2D eigenvalue weighted by molar-refractivity contribution is 5.96. The first-order chi connectivity index (χ1) is 9.47. The van der Waals surface area contributed by atoms with E-state index >= 15 is 0 Å². The van der Waals surface area contributed by atoms with Crippen LogP contribution in [-0.4, -0.2) is 11.0 Å². The molecule has 0 bridgehead atoms. The Morgan fingerprint density at radius 1 is 1.20 bits per heavy atom. The van der Waals surface area contributed by atoms with E-state index in [2.05, 4.69) is 5.32 Å². The lowest BCUT2D eigenvalue weighted by Gasteiger charge is -2.15. The average Bonchev–Trinajstić information content (AvgIpc) is 2.39. The van der Waals surface area contributed by atoms with Crippen LogP contribution >= 0.6 is 0 Å². The van der Waals surface area contributed by atoms with E-state index in [0.717, 1.165) is 5.56 Å². The van der Waals surface area contributed by atoms with Gasteiger partial charge in [-0.25, -0.2) is 4.39 Å². The number of aromatic hydroxyl groups is 1. The number of aryl methyl sites for hydroxylation is 1. The van der Waals surface area contributed by atoms with Gasteiger partial charge in [0.2, 0.25) is 0 Å². The summed E-state index contributed by atoms with van der Waals surface area (Å²) in [5.41, 5.74) is 2.04. The lowest BCUT2D eigenvalue weighted by molar-refractivity contribution is 0.0939. The molecular formula is C16H16FNO2. The molecule has 2 aromatic carbocycles. The van der Waals surface area contributed by atoms with Gasteiger partial charge >= 0.3 is 0 Å². The number of phenols is 1. The van der Waals surface area contributed by atoms with Crippen molar-refractivity contribution in [2.75, 3.05) is 0 Å². The number of amides is 1. The molecular weight excluding hydrogens is 257 g/mol. The standard InChI is InChI=1S/C16H16FNO2/c1-10-9-14(19)7-8-15(10)16(20)18-11(2)12-3-5-13(17)6-4-12/h3-9,11,19H,1-2H3,(H,18,20). The minimum absolute atomic E-state index is 0.130. The Morgan fingerprint density at radius 3 is 2.45 bits per heavy atom. The summed E-state index contributed by atoms with van der Waals surface area (Å²) >= 11 is 0. The second-order valence-corrected chi connectivity index (χ2v) is 4.75. The fourth-order valence-corrected chi connectivity index (χ4v) is 2.01. The summed E-state index contributed by atoms with van der Waals surface area (Å²) in [6.07, 6.45) is 0. The first-order valence-electron chi connectivity index (χ1n) is 6.33. The number of phenolic OH excluding ortho intramolecular Hbond substituents is 1. The van der Waals surface area contributed by atoms with Crippen LogP contribution in [0.5, 0.6) is 5.75 Å². The second kappa shape index (κ2) is 5.74. The molecule has 1 unspecified atom stereocenters. The van der Waals surface area contributed by atoms with E-state index in [1.54, 1.807) is 25.1 Å². The summed E-state index contributed by atoms with van der Waals surface area (Å²) in [6.45, 7) is 3.60. The summed E-state index contributed by atoms with van der Waals surface area (Å²) in [7, 11) is 0. The smallest absolute Gasteiger partial charge is 0.252 e. The molecule has 2 aromatic rings. The molecule has 2 rings (SSSR count). The molecule has 2 N–H and O–H groups in total. The monoisotopic (exact) mass is 273 g/mol. The van der Waals surface area contributed by atoms with Crippen LogP contribution in [0.25, 0.3) is 0 Å². The van der Waals surface area contributed by atoms with Crippen molar-refractivity contribution in [3.8, 4) is 5.75 Å². The maximum atomic E-state index is 12.9. The van der Waals surface area contributed by atoms with E-state index in [1.807, 2.05) is 6.92 Å². The van der Waals surface area contributed by atoms with Crippen LogP contribution in [-0.2, 0) is 0 Å². The van der Waals surface area contributed by atoms with E-state index < -0.39 is 0 Å². The Kier molecular flexibility index (Phi) is 4.03. The Balaban J connectivity index is 2.13. The van der Waals surface area contributed by atoms with E-state index in [1.165, 1.54) is 24.3 Å². The van der Waals surface area contributed by atoms with Crippen LogP contribution in [0, 0.1) is 12.7 Å². The molecule has 1 amide bonds. The predicted octanol–water partition coefficient (Wildman–Crippen LogP) is 3.33. The van der Waals surface area contributed by atoms with Gasteiger partial charge in [0.05, 0.1) is 6.04 Å². The predicted molar refractivity (Wildman–Crippen MR) is 75.1 cm³/mol. The Bertz CT molecular complexity index is 623. The zero-order valence-corrected chi connectivity index (χ0v) is 11.4. The van der Waals surface area contributed by atoms with Crippen LogP contribution in [0.15, 0.2) is 42.5 Å².